The number of hydrogen-bond acceptors (Lipinski definition) is 4. The van der Waals surface area contributed by atoms with Gasteiger partial charge in [0.25, 0.3) is 0 Å². The molecule has 112 valence electrons. The number of hydrogen-bond donors (Lipinski definition) is 1. The van der Waals surface area contributed by atoms with Gasteiger partial charge in [0.15, 0.2) is 0 Å². The Morgan fingerprint density at radius 3 is 2.40 bits per heavy atom. The SMILES string of the molecule is COC(=O)c1cc(N(C)C(C)C(C)(C)C)c(F)cc1N. The summed E-state index contributed by atoms with van der Waals surface area (Å²) >= 11 is 0. The highest BCUT2D eigenvalue weighted by atomic mass is 19.1. The van der Waals surface area contributed by atoms with Crippen LogP contribution in [0, 0.1) is 11.2 Å². The van der Waals surface area contributed by atoms with E-state index in [0.29, 0.717) is 5.69 Å². The molecule has 1 rings (SSSR count). The van der Waals surface area contributed by atoms with Gasteiger partial charge >= 0.3 is 5.97 Å². The Morgan fingerprint density at radius 2 is 1.95 bits per heavy atom. The number of halogens is 1. The molecule has 0 spiro atoms. The predicted molar refractivity (Wildman–Crippen MR) is 79.5 cm³/mol. The van der Waals surface area contributed by atoms with Crippen LogP contribution in [-0.2, 0) is 4.74 Å². The van der Waals surface area contributed by atoms with Crippen LogP contribution in [-0.4, -0.2) is 26.2 Å². The molecule has 0 saturated carbocycles. The highest BCUT2D eigenvalue weighted by molar-refractivity contribution is 5.96. The predicted octanol–water partition coefficient (Wildman–Crippen LogP) is 3.07. The number of ether oxygens (including phenoxy) is 1. The maximum Gasteiger partial charge on any atom is 0.340 e. The van der Waals surface area contributed by atoms with Gasteiger partial charge in [-0.25, -0.2) is 9.18 Å². The van der Waals surface area contributed by atoms with Gasteiger partial charge in [-0.3, -0.25) is 0 Å². The van der Waals surface area contributed by atoms with E-state index in [4.69, 9.17) is 5.73 Å². The van der Waals surface area contributed by atoms with Crippen molar-refractivity contribution >= 4 is 17.3 Å². The zero-order chi connectivity index (χ0) is 15.7. The summed E-state index contributed by atoms with van der Waals surface area (Å²) < 4.78 is 18.8. The third-order valence-corrected chi connectivity index (χ3v) is 3.74. The zero-order valence-electron chi connectivity index (χ0n) is 13.0. The first-order valence-corrected chi connectivity index (χ1v) is 6.49. The van der Waals surface area contributed by atoms with Gasteiger partial charge in [-0.2, -0.15) is 0 Å². The van der Waals surface area contributed by atoms with Crippen molar-refractivity contribution in [3.63, 3.8) is 0 Å². The average Bonchev–Trinajstić information content (AvgIpc) is 2.35. The summed E-state index contributed by atoms with van der Waals surface area (Å²) in [5, 5.41) is 0. The van der Waals surface area contributed by atoms with Crippen molar-refractivity contribution in [2.45, 2.75) is 33.7 Å². The van der Waals surface area contributed by atoms with Crippen molar-refractivity contribution in [3.8, 4) is 0 Å². The highest BCUT2D eigenvalue weighted by Gasteiger charge is 2.27. The fourth-order valence-electron chi connectivity index (χ4n) is 1.92. The quantitative estimate of drug-likeness (QED) is 0.684. The molecule has 1 atom stereocenters. The Kier molecular flexibility index (Phi) is 4.63. The summed E-state index contributed by atoms with van der Waals surface area (Å²) in [5.74, 6) is -1.02. The lowest BCUT2D eigenvalue weighted by atomic mass is 9.87. The van der Waals surface area contributed by atoms with E-state index in [1.807, 2.05) is 6.92 Å². The molecule has 0 aromatic heterocycles. The number of nitrogens with two attached hydrogens (primary N) is 1. The highest BCUT2D eigenvalue weighted by Crippen LogP contribution is 2.31. The number of carbonyl (C=O) groups excluding carboxylic acids is 1. The lowest BCUT2D eigenvalue weighted by molar-refractivity contribution is 0.0602. The lowest BCUT2D eigenvalue weighted by Crippen LogP contribution is -2.40. The van der Waals surface area contributed by atoms with Crippen LogP contribution < -0.4 is 10.6 Å². The summed E-state index contributed by atoms with van der Waals surface area (Å²) in [5.41, 5.74) is 6.23. The van der Waals surface area contributed by atoms with Crippen molar-refractivity contribution in [1.82, 2.24) is 0 Å². The smallest absolute Gasteiger partial charge is 0.340 e. The Labute approximate surface area is 119 Å². The van der Waals surface area contributed by atoms with Crippen LogP contribution in [0.2, 0.25) is 0 Å². The van der Waals surface area contributed by atoms with Gasteiger partial charge in [0, 0.05) is 18.8 Å². The van der Waals surface area contributed by atoms with Gasteiger partial charge in [-0.1, -0.05) is 20.8 Å². The van der Waals surface area contributed by atoms with E-state index in [9.17, 15) is 9.18 Å². The molecule has 1 aromatic rings. The van der Waals surface area contributed by atoms with E-state index >= 15 is 0 Å². The van der Waals surface area contributed by atoms with Crippen LogP contribution in [0.4, 0.5) is 15.8 Å². The molecule has 4 nitrogen and oxygen atoms in total. The first-order chi connectivity index (χ1) is 9.09. The van der Waals surface area contributed by atoms with E-state index in [2.05, 4.69) is 25.5 Å². The number of carbonyl (C=O) groups is 1. The number of nitrogens with zero attached hydrogens (tertiary/aromatic N) is 1. The van der Waals surface area contributed by atoms with Gasteiger partial charge in [-0.05, 0) is 24.5 Å². The minimum absolute atomic E-state index is 0.0337. The van der Waals surface area contributed by atoms with E-state index in [-0.39, 0.29) is 22.7 Å². The van der Waals surface area contributed by atoms with Gasteiger partial charge in [-0.15, -0.1) is 0 Å². The largest absolute Gasteiger partial charge is 0.465 e. The second-order valence-corrected chi connectivity index (χ2v) is 6.04. The van der Waals surface area contributed by atoms with Crippen LogP contribution in [0.5, 0.6) is 0 Å². The van der Waals surface area contributed by atoms with Crippen molar-refractivity contribution in [2.75, 3.05) is 24.8 Å². The maximum atomic E-state index is 14.1. The molecular weight excluding hydrogens is 259 g/mol. The second-order valence-electron chi connectivity index (χ2n) is 6.04. The molecule has 0 heterocycles. The van der Waals surface area contributed by atoms with Crippen molar-refractivity contribution in [2.24, 2.45) is 5.41 Å². The fraction of sp³-hybridized carbons (Fsp3) is 0.533. The Hall–Kier alpha value is -1.78. The zero-order valence-corrected chi connectivity index (χ0v) is 13.0. The van der Waals surface area contributed by atoms with Crippen LogP contribution >= 0.6 is 0 Å². The molecule has 0 aliphatic rings. The van der Waals surface area contributed by atoms with Crippen LogP contribution in [0.1, 0.15) is 38.1 Å². The van der Waals surface area contributed by atoms with Crippen molar-refractivity contribution in [3.05, 3.63) is 23.5 Å². The number of rotatable bonds is 3. The number of nitrogen functional groups attached to an aromatic ring is 1. The van der Waals surface area contributed by atoms with Gasteiger partial charge in [0.05, 0.1) is 18.4 Å². The Morgan fingerprint density at radius 1 is 1.40 bits per heavy atom. The summed E-state index contributed by atoms with van der Waals surface area (Å²) in [6.07, 6.45) is 0. The third kappa shape index (κ3) is 3.21. The van der Waals surface area contributed by atoms with E-state index in [0.717, 1.165) is 6.07 Å². The maximum absolute atomic E-state index is 14.1. The first kappa shape index (κ1) is 16.3. The number of methoxy groups -OCH3 is 1. The topological polar surface area (TPSA) is 55.6 Å². The second kappa shape index (κ2) is 5.69. The summed E-state index contributed by atoms with van der Waals surface area (Å²) in [7, 11) is 3.07. The molecule has 1 unspecified atom stereocenters. The molecular formula is C15H23FN2O2. The molecule has 20 heavy (non-hydrogen) atoms. The van der Waals surface area contributed by atoms with E-state index in [1.54, 1.807) is 11.9 Å². The molecule has 0 amide bonds. The fourth-order valence-corrected chi connectivity index (χ4v) is 1.92. The normalized spacial score (nSPS) is 12.9. The molecule has 0 fully saturated rings. The van der Waals surface area contributed by atoms with Crippen molar-refractivity contribution < 1.29 is 13.9 Å². The Balaban J connectivity index is 3.28. The molecule has 0 aliphatic carbocycles. The summed E-state index contributed by atoms with van der Waals surface area (Å²) in [6, 6.07) is 2.68. The van der Waals surface area contributed by atoms with E-state index < -0.39 is 11.8 Å². The van der Waals surface area contributed by atoms with Crippen LogP contribution in [0.25, 0.3) is 0 Å². The number of anilines is 2. The number of benzene rings is 1. The van der Waals surface area contributed by atoms with Crippen molar-refractivity contribution in [1.29, 1.82) is 0 Å². The molecule has 0 saturated heterocycles. The first-order valence-electron chi connectivity index (χ1n) is 6.49. The standard InChI is InChI=1S/C15H23FN2O2/c1-9(15(2,3)4)18(5)13-7-10(14(19)20-6)12(17)8-11(13)16/h7-9H,17H2,1-6H3. The molecule has 0 bridgehead atoms. The minimum Gasteiger partial charge on any atom is -0.465 e. The average molecular weight is 282 g/mol. The molecule has 0 radical (unpaired) electrons. The summed E-state index contributed by atoms with van der Waals surface area (Å²) in [6.45, 7) is 8.23. The van der Waals surface area contributed by atoms with Crippen LogP contribution in [0.15, 0.2) is 12.1 Å². The van der Waals surface area contributed by atoms with E-state index in [1.165, 1.54) is 13.2 Å². The molecule has 5 heteroatoms. The van der Waals surface area contributed by atoms with Crippen LogP contribution in [0.3, 0.4) is 0 Å². The Bertz CT molecular complexity index is 509. The lowest BCUT2D eigenvalue weighted by Gasteiger charge is -2.37. The summed E-state index contributed by atoms with van der Waals surface area (Å²) in [4.78, 5) is 13.5. The van der Waals surface area contributed by atoms with Gasteiger partial charge in [0.1, 0.15) is 5.82 Å². The van der Waals surface area contributed by atoms with Gasteiger partial charge in [0.2, 0.25) is 0 Å². The minimum atomic E-state index is -0.569. The molecule has 2 N–H and O–H groups in total. The van der Waals surface area contributed by atoms with Gasteiger partial charge < -0.3 is 15.4 Å². The molecule has 1 aromatic carbocycles. The molecule has 0 aliphatic heterocycles. The number of esters is 1. The monoisotopic (exact) mass is 282 g/mol. The third-order valence-electron chi connectivity index (χ3n) is 3.74.